The van der Waals surface area contributed by atoms with Gasteiger partial charge in [-0.1, -0.05) is 0 Å². The zero-order chi connectivity index (χ0) is 15.4. The number of halogens is 1. The molecule has 0 aliphatic carbocycles. The Labute approximate surface area is 121 Å². The number of morpholine rings is 1. The second-order valence-corrected chi connectivity index (χ2v) is 4.48. The quantitative estimate of drug-likeness (QED) is 0.774. The molecule has 0 spiro atoms. The summed E-state index contributed by atoms with van der Waals surface area (Å²) >= 11 is 0. The van der Waals surface area contributed by atoms with Crippen molar-refractivity contribution < 1.29 is 28.2 Å². The lowest BCUT2D eigenvalue weighted by Crippen LogP contribution is -2.48. The maximum Gasteiger partial charge on any atom is 0.336 e. The third-order valence-corrected chi connectivity index (χ3v) is 3.22. The van der Waals surface area contributed by atoms with E-state index < -0.39 is 17.9 Å². The van der Waals surface area contributed by atoms with Gasteiger partial charge in [-0.15, -0.1) is 0 Å². The van der Waals surface area contributed by atoms with Crippen molar-refractivity contribution in [3.05, 3.63) is 29.6 Å². The summed E-state index contributed by atoms with van der Waals surface area (Å²) < 4.78 is 28.3. The summed E-state index contributed by atoms with van der Waals surface area (Å²) in [6, 6.07) is 3.98. The minimum atomic E-state index is -0.809. The fourth-order valence-corrected chi connectivity index (χ4v) is 2.09. The summed E-state index contributed by atoms with van der Waals surface area (Å²) in [5.41, 5.74) is 0.193. The van der Waals surface area contributed by atoms with Gasteiger partial charge in [0.15, 0.2) is 17.7 Å². The van der Waals surface area contributed by atoms with Gasteiger partial charge in [0.25, 0.3) is 5.91 Å². The molecule has 21 heavy (non-hydrogen) atoms. The van der Waals surface area contributed by atoms with Gasteiger partial charge < -0.3 is 19.1 Å². The number of esters is 1. The summed E-state index contributed by atoms with van der Waals surface area (Å²) in [5.74, 6) is -1.44. The van der Waals surface area contributed by atoms with E-state index in [1.165, 1.54) is 31.3 Å². The fourth-order valence-electron chi connectivity index (χ4n) is 2.09. The smallest absolute Gasteiger partial charge is 0.336 e. The van der Waals surface area contributed by atoms with Crippen molar-refractivity contribution in [3.63, 3.8) is 0 Å². The van der Waals surface area contributed by atoms with Crippen LogP contribution in [0.2, 0.25) is 0 Å². The molecule has 1 aromatic carbocycles. The van der Waals surface area contributed by atoms with Crippen LogP contribution in [0.25, 0.3) is 0 Å². The van der Waals surface area contributed by atoms with E-state index in [0.29, 0.717) is 6.54 Å². The molecule has 1 atom stereocenters. The highest BCUT2D eigenvalue weighted by Gasteiger charge is 2.30. The molecule has 1 aliphatic rings. The maximum atomic E-state index is 13.6. The molecule has 2 rings (SSSR count). The van der Waals surface area contributed by atoms with E-state index in [9.17, 15) is 14.0 Å². The Morgan fingerprint density at radius 1 is 1.38 bits per heavy atom. The van der Waals surface area contributed by atoms with Gasteiger partial charge in [-0.2, -0.15) is 0 Å². The van der Waals surface area contributed by atoms with E-state index in [1.54, 1.807) is 0 Å². The molecule has 1 saturated heterocycles. The van der Waals surface area contributed by atoms with Crippen LogP contribution in [0.3, 0.4) is 0 Å². The van der Waals surface area contributed by atoms with Crippen molar-refractivity contribution in [3.8, 4) is 5.75 Å². The van der Waals surface area contributed by atoms with Gasteiger partial charge in [0.05, 0.1) is 27.4 Å². The largest absolute Gasteiger partial charge is 0.494 e. The monoisotopic (exact) mass is 297 g/mol. The summed E-state index contributed by atoms with van der Waals surface area (Å²) in [7, 11) is 2.61. The Morgan fingerprint density at radius 2 is 2.14 bits per heavy atom. The number of ether oxygens (including phenoxy) is 3. The lowest BCUT2D eigenvalue weighted by Gasteiger charge is -2.31. The second-order valence-electron chi connectivity index (χ2n) is 4.48. The van der Waals surface area contributed by atoms with Crippen molar-refractivity contribution in [1.82, 2.24) is 4.90 Å². The number of carbonyl (C=O) groups excluding carboxylic acids is 2. The summed E-state index contributed by atoms with van der Waals surface area (Å²) in [5, 5.41) is 0. The van der Waals surface area contributed by atoms with Gasteiger partial charge >= 0.3 is 5.97 Å². The first kappa shape index (κ1) is 15.2. The molecule has 1 unspecified atom stereocenters. The number of benzene rings is 1. The number of nitrogens with zero attached hydrogens (tertiary/aromatic N) is 1. The van der Waals surface area contributed by atoms with Gasteiger partial charge in [-0.05, 0) is 18.2 Å². The fraction of sp³-hybridized carbons (Fsp3) is 0.429. The molecular formula is C14H16FNO5. The maximum absolute atomic E-state index is 13.6. The van der Waals surface area contributed by atoms with Crippen LogP contribution >= 0.6 is 0 Å². The zero-order valence-corrected chi connectivity index (χ0v) is 11.8. The number of carbonyl (C=O) groups is 2. The second kappa shape index (κ2) is 6.53. The highest BCUT2D eigenvalue weighted by atomic mass is 19.1. The Kier molecular flexibility index (Phi) is 4.74. The number of methoxy groups -OCH3 is 2. The van der Waals surface area contributed by atoms with Crippen molar-refractivity contribution in [2.75, 3.05) is 33.9 Å². The van der Waals surface area contributed by atoms with E-state index in [4.69, 9.17) is 9.47 Å². The van der Waals surface area contributed by atoms with E-state index in [-0.39, 0.29) is 30.4 Å². The molecule has 0 aromatic heterocycles. The molecule has 0 radical (unpaired) electrons. The van der Waals surface area contributed by atoms with E-state index in [0.717, 1.165) is 6.07 Å². The minimum Gasteiger partial charge on any atom is -0.494 e. The molecule has 0 N–H and O–H groups in total. The van der Waals surface area contributed by atoms with Gasteiger partial charge in [0.2, 0.25) is 0 Å². The number of rotatable bonds is 3. The van der Waals surface area contributed by atoms with Gasteiger partial charge in [0.1, 0.15) is 0 Å². The predicted molar refractivity (Wildman–Crippen MR) is 70.6 cm³/mol. The van der Waals surface area contributed by atoms with Crippen LogP contribution in [-0.2, 0) is 14.3 Å². The molecule has 1 aliphatic heterocycles. The minimum absolute atomic E-state index is 0.0703. The van der Waals surface area contributed by atoms with Gasteiger partial charge in [-0.3, -0.25) is 4.79 Å². The third-order valence-electron chi connectivity index (χ3n) is 3.22. The van der Waals surface area contributed by atoms with E-state index in [1.807, 2.05) is 0 Å². The van der Waals surface area contributed by atoms with E-state index >= 15 is 0 Å². The molecule has 0 saturated carbocycles. The highest BCUT2D eigenvalue weighted by molar-refractivity contribution is 5.94. The molecule has 7 heteroatoms. The third kappa shape index (κ3) is 3.30. The molecule has 1 aromatic rings. The molecule has 1 heterocycles. The average Bonchev–Trinajstić information content (AvgIpc) is 2.53. The molecule has 6 nitrogen and oxygen atoms in total. The SMILES string of the molecule is COC(=O)C1CN(C(=O)c2ccc(OC)c(F)c2)CCO1. The van der Waals surface area contributed by atoms with Crippen LogP contribution in [0.15, 0.2) is 18.2 Å². The summed E-state index contributed by atoms with van der Waals surface area (Å²) in [6.07, 6.45) is -0.809. The van der Waals surface area contributed by atoms with Crippen LogP contribution in [0.5, 0.6) is 5.75 Å². The molecular weight excluding hydrogens is 281 g/mol. The van der Waals surface area contributed by atoms with Crippen LogP contribution in [0.1, 0.15) is 10.4 Å². The Balaban J connectivity index is 2.12. The normalized spacial score (nSPS) is 18.2. The highest BCUT2D eigenvalue weighted by Crippen LogP contribution is 2.19. The van der Waals surface area contributed by atoms with Crippen molar-refractivity contribution in [2.24, 2.45) is 0 Å². The zero-order valence-electron chi connectivity index (χ0n) is 11.8. The topological polar surface area (TPSA) is 65.1 Å². The van der Waals surface area contributed by atoms with Crippen molar-refractivity contribution >= 4 is 11.9 Å². The van der Waals surface area contributed by atoms with Crippen LogP contribution < -0.4 is 4.74 Å². The van der Waals surface area contributed by atoms with Gasteiger partial charge in [-0.25, -0.2) is 9.18 Å². The first-order valence-corrected chi connectivity index (χ1v) is 6.39. The Morgan fingerprint density at radius 3 is 2.76 bits per heavy atom. The lowest BCUT2D eigenvalue weighted by atomic mass is 10.1. The summed E-state index contributed by atoms with van der Waals surface area (Å²) in [4.78, 5) is 25.2. The first-order valence-electron chi connectivity index (χ1n) is 6.39. The Bertz CT molecular complexity index is 548. The molecule has 1 fully saturated rings. The first-order chi connectivity index (χ1) is 10.1. The van der Waals surface area contributed by atoms with Gasteiger partial charge in [0, 0.05) is 12.1 Å². The number of amides is 1. The number of hydrogen-bond acceptors (Lipinski definition) is 5. The number of hydrogen-bond donors (Lipinski definition) is 0. The predicted octanol–water partition coefficient (Wildman–Crippen LogP) is 0.848. The molecule has 114 valence electrons. The van der Waals surface area contributed by atoms with Crippen LogP contribution in [-0.4, -0.2) is 56.8 Å². The van der Waals surface area contributed by atoms with E-state index in [2.05, 4.69) is 4.74 Å². The van der Waals surface area contributed by atoms with Crippen LogP contribution in [0, 0.1) is 5.82 Å². The van der Waals surface area contributed by atoms with Crippen molar-refractivity contribution in [2.45, 2.75) is 6.10 Å². The lowest BCUT2D eigenvalue weighted by molar-refractivity contribution is -0.158. The van der Waals surface area contributed by atoms with Crippen molar-refractivity contribution in [1.29, 1.82) is 0 Å². The average molecular weight is 297 g/mol. The van der Waals surface area contributed by atoms with Crippen LogP contribution in [0.4, 0.5) is 4.39 Å². The molecule has 0 bridgehead atoms. The standard InChI is InChI=1S/C14H16FNO5/c1-19-11-4-3-9(7-10(11)15)13(17)16-5-6-21-12(8-16)14(18)20-2/h3-4,7,12H,5-6,8H2,1-2H3. The summed E-state index contributed by atoms with van der Waals surface area (Å²) in [6.45, 7) is 0.642. The molecule has 1 amide bonds. The Hall–Kier alpha value is -2.15.